The van der Waals surface area contributed by atoms with Crippen molar-refractivity contribution < 1.29 is 8.42 Å². The molecule has 4 aromatic rings. The maximum absolute atomic E-state index is 12.2. The van der Waals surface area contributed by atoms with Crippen LogP contribution in [0.25, 0.3) is 21.8 Å². The highest BCUT2D eigenvalue weighted by Crippen LogP contribution is 2.35. The first kappa shape index (κ1) is 14.4. The quantitative estimate of drug-likeness (QED) is 0.580. The van der Waals surface area contributed by atoms with Crippen LogP contribution < -0.4 is 5.32 Å². The summed E-state index contributed by atoms with van der Waals surface area (Å²) in [6, 6.07) is 11.4. The topological polar surface area (TPSA) is 87.7 Å². The zero-order chi connectivity index (χ0) is 17.0. The summed E-state index contributed by atoms with van der Waals surface area (Å²) in [6.45, 7) is 0. The fourth-order valence-electron chi connectivity index (χ4n) is 3.45. The van der Waals surface area contributed by atoms with Crippen molar-refractivity contribution in [3.05, 3.63) is 54.5 Å². The lowest BCUT2D eigenvalue weighted by atomic mass is 10.1. The van der Waals surface area contributed by atoms with Crippen LogP contribution in [-0.2, 0) is 16.3 Å². The average molecular weight is 350 g/mol. The van der Waals surface area contributed by atoms with Gasteiger partial charge >= 0.3 is 0 Å². The van der Waals surface area contributed by atoms with Gasteiger partial charge in [0, 0.05) is 28.2 Å². The maximum atomic E-state index is 12.2. The van der Waals surface area contributed by atoms with Gasteiger partial charge in [0.1, 0.15) is 12.1 Å². The number of aryl methyl sites for hydroxylation is 1. The minimum atomic E-state index is -3.20. The van der Waals surface area contributed by atoms with Gasteiger partial charge in [-0.1, -0.05) is 0 Å². The molecule has 0 spiro atoms. The fraction of sp³-hybridized carbons (Fsp3) is 0.111. The SMILES string of the molecule is O=S1(=O)CCc2c1ccc1ncnc(Nc3ccc4[nH]ccc4c3)c21. The lowest BCUT2D eigenvalue weighted by Gasteiger charge is -2.11. The smallest absolute Gasteiger partial charge is 0.179 e. The number of H-pyrrole nitrogens is 1. The minimum Gasteiger partial charge on any atom is -0.361 e. The number of hydrogen-bond donors (Lipinski definition) is 2. The standard InChI is InChI=1S/C18H14N4O2S/c23-25(24)8-6-13-16(25)4-3-15-17(13)18(21-10-20-15)22-12-1-2-14-11(9-12)5-7-19-14/h1-5,7,9-10,19H,6,8H2,(H,20,21,22). The summed E-state index contributed by atoms with van der Waals surface area (Å²) in [5, 5.41) is 5.21. The van der Waals surface area contributed by atoms with E-state index in [1.165, 1.54) is 6.33 Å². The van der Waals surface area contributed by atoms with Gasteiger partial charge in [0.25, 0.3) is 0 Å². The molecule has 0 amide bonds. The first-order valence-corrected chi connectivity index (χ1v) is 9.60. The third-order valence-electron chi connectivity index (χ3n) is 4.64. The zero-order valence-electron chi connectivity index (χ0n) is 13.2. The van der Waals surface area contributed by atoms with Crippen molar-refractivity contribution in [1.29, 1.82) is 0 Å². The minimum absolute atomic E-state index is 0.144. The Morgan fingerprint density at radius 1 is 1.08 bits per heavy atom. The number of benzene rings is 2. The highest BCUT2D eigenvalue weighted by atomic mass is 32.2. The van der Waals surface area contributed by atoms with Crippen molar-refractivity contribution >= 4 is 43.1 Å². The molecule has 0 aliphatic carbocycles. The van der Waals surface area contributed by atoms with Crippen molar-refractivity contribution in [3.8, 4) is 0 Å². The number of anilines is 2. The number of nitrogens with one attached hydrogen (secondary N) is 2. The van der Waals surface area contributed by atoms with E-state index in [2.05, 4.69) is 20.3 Å². The third kappa shape index (κ3) is 2.20. The van der Waals surface area contributed by atoms with Crippen LogP contribution in [0.5, 0.6) is 0 Å². The second-order valence-corrected chi connectivity index (χ2v) is 8.21. The molecule has 2 aromatic carbocycles. The number of aromatic nitrogens is 3. The molecule has 25 heavy (non-hydrogen) atoms. The van der Waals surface area contributed by atoms with E-state index in [-0.39, 0.29) is 5.75 Å². The monoisotopic (exact) mass is 350 g/mol. The Bertz CT molecular complexity index is 1240. The second-order valence-electron chi connectivity index (χ2n) is 6.13. The van der Waals surface area contributed by atoms with E-state index in [4.69, 9.17) is 0 Å². The van der Waals surface area contributed by atoms with Crippen LogP contribution in [0.15, 0.2) is 53.8 Å². The number of fused-ring (bicyclic) bond motifs is 4. The number of sulfone groups is 1. The lowest BCUT2D eigenvalue weighted by molar-refractivity contribution is 0.600. The van der Waals surface area contributed by atoms with Crippen LogP contribution in [0.3, 0.4) is 0 Å². The van der Waals surface area contributed by atoms with Gasteiger partial charge in [-0.3, -0.25) is 0 Å². The molecule has 2 N–H and O–H groups in total. The molecule has 0 saturated carbocycles. The van der Waals surface area contributed by atoms with Crippen LogP contribution in [0, 0.1) is 0 Å². The number of rotatable bonds is 2. The van der Waals surface area contributed by atoms with Crippen LogP contribution in [0.2, 0.25) is 0 Å². The normalized spacial score (nSPS) is 15.5. The number of nitrogens with zero attached hydrogens (tertiary/aromatic N) is 2. The highest BCUT2D eigenvalue weighted by molar-refractivity contribution is 7.91. The van der Waals surface area contributed by atoms with Gasteiger partial charge in [0.05, 0.1) is 16.2 Å². The van der Waals surface area contributed by atoms with Crippen LogP contribution in [0.1, 0.15) is 5.56 Å². The third-order valence-corrected chi connectivity index (χ3v) is 6.43. The van der Waals surface area contributed by atoms with E-state index in [1.807, 2.05) is 30.5 Å². The molecule has 0 saturated heterocycles. The summed E-state index contributed by atoms with van der Waals surface area (Å²) in [5.74, 6) is 0.777. The molecule has 2 aromatic heterocycles. The van der Waals surface area contributed by atoms with Crippen molar-refractivity contribution in [3.63, 3.8) is 0 Å². The van der Waals surface area contributed by atoms with E-state index in [0.717, 1.165) is 33.1 Å². The van der Waals surface area contributed by atoms with Crippen molar-refractivity contribution in [1.82, 2.24) is 15.0 Å². The lowest BCUT2D eigenvalue weighted by Crippen LogP contribution is -2.00. The molecule has 0 radical (unpaired) electrons. The molecule has 5 rings (SSSR count). The van der Waals surface area contributed by atoms with E-state index < -0.39 is 9.84 Å². The largest absolute Gasteiger partial charge is 0.361 e. The first-order chi connectivity index (χ1) is 12.1. The second kappa shape index (κ2) is 5.03. The molecule has 0 atom stereocenters. The Balaban J connectivity index is 1.69. The molecule has 3 heterocycles. The van der Waals surface area contributed by atoms with Gasteiger partial charge in [-0.15, -0.1) is 0 Å². The summed E-state index contributed by atoms with van der Waals surface area (Å²) in [6.07, 6.45) is 3.88. The van der Waals surface area contributed by atoms with Gasteiger partial charge in [-0.2, -0.15) is 0 Å². The summed E-state index contributed by atoms with van der Waals surface area (Å²) in [4.78, 5) is 12.2. The van der Waals surface area contributed by atoms with Gasteiger partial charge < -0.3 is 10.3 Å². The molecule has 1 aliphatic rings. The number of hydrogen-bond acceptors (Lipinski definition) is 5. The van der Waals surface area contributed by atoms with Crippen molar-refractivity contribution in [2.45, 2.75) is 11.3 Å². The van der Waals surface area contributed by atoms with Crippen LogP contribution in [-0.4, -0.2) is 29.1 Å². The molecule has 6 nitrogen and oxygen atoms in total. The Morgan fingerprint density at radius 2 is 2.00 bits per heavy atom. The van der Waals surface area contributed by atoms with Crippen LogP contribution >= 0.6 is 0 Å². The summed E-state index contributed by atoms with van der Waals surface area (Å²) in [5.41, 5.74) is 3.51. The highest BCUT2D eigenvalue weighted by Gasteiger charge is 2.29. The fourth-order valence-corrected chi connectivity index (χ4v) is 5.00. The molecule has 0 fully saturated rings. The van der Waals surface area contributed by atoms with E-state index >= 15 is 0 Å². The molecule has 0 bridgehead atoms. The van der Waals surface area contributed by atoms with Gasteiger partial charge in [0.15, 0.2) is 9.84 Å². The molecular formula is C18H14N4O2S. The van der Waals surface area contributed by atoms with E-state index in [9.17, 15) is 8.42 Å². The van der Waals surface area contributed by atoms with E-state index in [0.29, 0.717) is 17.1 Å². The van der Waals surface area contributed by atoms with Crippen LogP contribution in [0.4, 0.5) is 11.5 Å². The molecule has 124 valence electrons. The van der Waals surface area contributed by atoms with E-state index in [1.54, 1.807) is 12.1 Å². The molecule has 7 heteroatoms. The predicted octanol–water partition coefficient (Wildman–Crippen LogP) is 3.18. The summed E-state index contributed by atoms with van der Waals surface area (Å²) >= 11 is 0. The van der Waals surface area contributed by atoms with Gasteiger partial charge in [0.2, 0.25) is 0 Å². The Hall–Kier alpha value is -2.93. The maximum Gasteiger partial charge on any atom is 0.179 e. The zero-order valence-corrected chi connectivity index (χ0v) is 14.0. The Kier molecular flexibility index (Phi) is 2.90. The first-order valence-electron chi connectivity index (χ1n) is 7.95. The molecule has 1 aliphatic heterocycles. The Morgan fingerprint density at radius 3 is 2.92 bits per heavy atom. The molecule has 0 unspecified atom stereocenters. The van der Waals surface area contributed by atoms with Crippen molar-refractivity contribution in [2.24, 2.45) is 0 Å². The van der Waals surface area contributed by atoms with Gasteiger partial charge in [-0.05, 0) is 48.4 Å². The predicted molar refractivity (Wildman–Crippen MR) is 96.9 cm³/mol. The van der Waals surface area contributed by atoms with Gasteiger partial charge in [-0.25, -0.2) is 18.4 Å². The van der Waals surface area contributed by atoms with Crippen molar-refractivity contribution in [2.75, 3.05) is 11.1 Å². The number of aromatic amines is 1. The molecular weight excluding hydrogens is 336 g/mol. The Labute approximate surface area is 143 Å². The summed E-state index contributed by atoms with van der Waals surface area (Å²) < 4.78 is 24.4. The summed E-state index contributed by atoms with van der Waals surface area (Å²) in [7, 11) is -3.20. The average Bonchev–Trinajstić information content (AvgIpc) is 3.19.